The minimum atomic E-state index is -0.716. The van der Waals surface area contributed by atoms with E-state index in [9.17, 15) is 24.5 Å². The van der Waals surface area contributed by atoms with Crippen LogP contribution < -0.4 is 5.73 Å². The molecule has 0 aromatic heterocycles. The van der Waals surface area contributed by atoms with Gasteiger partial charge in [0.2, 0.25) is 0 Å². The predicted molar refractivity (Wildman–Crippen MR) is 91.7 cm³/mol. The zero-order valence-electron chi connectivity index (χ0n) is 14.9. The molecule has 0 fully saturated rings. The van der Waals surface area contributed by atoms with E-state index in [1.807, 2.05) is 0 Å². The zero-order chi connectivity index (χ0) is 19.8. The van der Waals surface area contributed by atoms with Crippen molar-refractivity contribution in [1.29, 1.82) is 0 Å². The van der Waals surface area contributed by atoms with Gasteiger partial charge in [-0.15, -0.1) is 0 Å². The van der Waals surface area contributed by atoms with Crippen LogP contribution in [0.4, 0.5) is 16.2 Å². The van der Waals surface area contributed by atoms with Gasteiger partial charge in [0, 0.05) is 26.2 Å². The van der Waals surface area contributed by atoms with Crippen molar-refractivity contribution in [1.82, 2.24) is 9.80 Å². The van der Waals surface area contributed by atoms with E-state index < -0.39 is 34.1 Å². The first-order chi connectivity index (χ1) is 11.9. The first-order valence-electron chi connectivity index (χ1n) is 7.80. The number of benzene rings is 1. The van der Waals surface area contributed by atoms with Gasteiger partial charge in [0.05, 0.1) is 16.1 Å². The Morgan fingerprint density at radius 3 is 2.31 bits per heavy atom. The Bertz CT molecular complexity index is 799. The second kappa shape index (κ2) is 6.62. The van der Waals surface area contributed by atoms with Crippen LogP contribution in [-0.2, 0) is 4.74 Å². The molecule has 0 atom stereocenters. The number of hydrogen-bond donors (Lipinski definition) is 1. The molecule has 1 aliphatic rings. The van der Waals surface area contributed by atoms with Gasteiger partial charge in [0.15, 0.2) is 0 Å². The molecule has 2 rings (SSSR count). The minimum absolute atomic E-state index is 0.0121. The van der Waals surface area contributed by atoms with Gasteiger partial charge in [0.25, 0.3) is 17.5 Å². The molecule has 1 heterocycles. The van der Waals surface area contributed by atoms with Gasteiger partial charge in [-0.25, -0.2) is 4.79 Å². The van der Waals surface area contributed by atoms with Gasteiger partial charge >= 0.3 is 6.09 Å². The predicted octanol–water partition coefficient (Wildman–Crippen LogP) is 1.64. The molecule has 10 nitrogen and oxygen atoms in total. The highest BCUT2D eigenvalue weighted by Crippen LogP contribution is 2.31. The van der Waals surface area contributed by atoms with E-state index in [0.29, 0.717) is 0 Å². The molecule has 1 aromatic carbocycles. The van der Waals surface area contributed by atoms with E-state index in [2.05, 4.69) is 0 Å². The lowest BCUT2D eigenvalue weighted by Gasteiger charge is -2.25. The molecule has 0 radical (unpaired) electrons. The van der Waals surface area contributed by atoms with Crippen LogP contribution in [0.5, 0.6) is 0 Å². The lowest BCUT2D eigenvalue weighted by Crippen LogP contribution is -2.41. The van der Waals surface area contributed by atoms with Crippen molar-refractivity contribution in [2.45, 2.75) is 26.4 Å². The van der Waals surface area contributed by atoms with Crippen LogP contribution in [0.2, 0.25) is 0 Å². The molecular weight excluding hydrogens is 344 g/mol. The van der Waals surface area contributed by atoms with Gasteiger partial charge in [-0.1, -0.05) is 0 Å². The lowest BCUT2D eigenvalue weighted by molar-refractivity contribution is -0.383. The monoisotopic (exact) mass is 364 g/mol. The summed E-state index contributed by atoms with van der Waals surface area (Å²) in [7, 11) is 1.48. The Balaban J connectivity index is 2.13. The molecule has 1 aliphatic heterocycles. The zero-order valence-corrected chi connectivity index (χ0v) is 14.9. The number of carbonyl (C=O) groups excluding carboxylic acids is 3. The first-order valence-corrected chi connectivity index (χ1v) is 7.80. The Hall–Kier alpha value is -3.17. The highest BCUT2D eigenvalue weighted by Gasteiger charge is 2.38. The number of nitrogens with two attached hydrogens (primary N) is 1. The number of carbonyl (C=O) groups is 3. The highest BCUT2D eigenvalue weighted by molar-refractivity contribution is 6.22. The molecule has 0 bridgehead atoms. The highest BCUT2D eigenvalue weighted by atomic mass is 16.6. The van der Waals surface area contributed by atoms with E-state index in [0.717, 1.165) is 17.0 Å². The number of nitro benzene ring substituents is 1. The maximum absolute atomic E-state index is 12.4. The Morgan fingerprint density at radius 2 is 1.81 bits per heavy atom. The molecule has 0 spiro atoms. The molecule has 140 valence electrons. The van der Waals surface area contributed by atoms with Crippen LogP contribution in [0.25, 0.3) is 0 Å². The summed E-state index contributed by atoms with van der Waals surface area (Å²) in [6.07, 6.45) is -0.589. The largest absolute Gasteiger partial charge is 0.444 e. The van der Waals surface area contributed by atoms with Gasteiger partial charge in [-0.3, -0.25) is 24.6 Å². The van der Waals surface area contributed by atoms with E-state index in [4.69, 9.17) is 10.5 Å². The molecule has 3 amide bonds. The van der Waals surface area contributed by atoms with E-state index in [-0.39, 0.29) is 29.9 Å². The number of hydrogen-bond acceptors (Lipinski definition) is 7. The second-order valence-corrected chi connectivity index (χ2v) is 6.88. The summed E-state index contributed by atoms with van der Waals surface area (Å²) in [5, 5.41) is 11.0. The average Bonchev–Trinajstić information content (AvgIpc) is 2.73. The Labute approximate surface area is 149 Å². The fraction of sp³-hybridized carbons (Fsp3) is 0.438. The van der Waals surface area contributed by atoms with Gasteiger partial charge in [-0.2, -0.15) is 0 Å². The third-order valence-corrected chi connectivity index (χ3v) is 3.68. The van der Waals surface area contributed by atoms with Crippen LogP contribution in [-0.4, -0.2) is 58.4 Å². The number of nitro groups is 1. The molecule has 0 saturated heterocycles. The molecule has 26 heavy (non-hydrogen) atoms. The quantitative estimate of drug-likeness (QED) is 0.371. The van der Waals surface area contributed by atoms with Gasteiger partial charge in [-0.05, 0) is 26.8 Å². The standard InChI is InChI=1S/C16H20N4O6/c1-16(2,3)26-15(23)18(4)5-6-19-13(21)9-7-11(17)12(20(24)25)8-10(9)14(19)22/h7-8H,5-6,17H2,1-4H3. The van der Waals surface area contributed by atoms with Crippen LogP contribution in [0.3, 0.4) is 0 Å². The number of amides is 3. The number of rotatable bonds is 4. The van der Waals surface area contributed by atoms with Crippen LogP contribution in [0.1, 0.15) is 41.5 Å². The number of fused-ring (bicyclic) bond motifs is 1. The van der Waals surface area contributed by atoms with E-state index in [1.165, 1.54) is 11.9 Å². The van der Waals surface area contributed by atoms with Gasteiger partial charge < -0.3 is 15.4 Å². The molecule has 10 heteroatoms. The maximum Gasteiger partial charge on any atom is 0.410 e. The van der Waals surface area contributed by atoms with Crippen molar-refractivity contribution in [2.75, 3.05) is 25.9 Å². The summed E-state index contributed by atoms with van der Waals surface area (Å²) in [6.45, 7) is 5.15. The lowest BCUT2D eigenvalue weighted by atomic mass is 10.1. The first kappa shape index (κ1) is 19.2. The third-order valence-electron chi connectivity index (χ3n) is 3.68. The number of likely N-dealkylation sites (N-methyl/N-ethyl adjacent to an activating group) is 1. The molecule has 0 aliphatic carbocycles. The minimum Gasteiger partial charge on any atom is -0.444 e. The Kier molecular flexibility index (Phi) is 4.88. The molecule has 2 N–H and O–H groups in total. The van der Waals surface area contributed by atoms with Crippen molar-refractivity contribution in [2.24, 2.45) is 0 Å². The maximum atomic E-state index is 12.4. The fourth-order valence-corrected chi connectivity index (χ4v) is 2.38. The molecule has 1 aromatic rings. The van der Waals surface area contributed by atoms with Crippen molar-refractivity contribution in [3.63, 3.8) is 0 Å². The fourth-order valence-electron chi connectivity index (χ4n) is 2.38. The third kappa shape index (κ3) is 3.73. The number of imide groups is 1. The summed E-state index contributed by atoms with van der Waals surface area (Å²) in [5.74, 6) is -1.27. The van der Waals surface area contributed by atoms with Gasteiger partial charge in [0.1, 0.15) is 11.3 Å². The molecule has 0 saturated carbocycles. The summed E-state index contributed by atoms with van der Waals surface area (Å²) >= 11 is 0. The van der Waals surface area contributed by atoms with Crippen molar-refractivity contribution >= 4 is 29.3 Å². The van der Waals surface area contributed by atoms with Crippen molar-refractivity contribution in [3.8, 4) is 0 Å². The van der Waals surface area contributed by atoms with Crippen LogP contribution >= 0.6 is 0 Å². The smallest absolute Gasteiger partial charge is 0.410 e. The van der Waals surface area contributed by atoms with Crippen molar-refractivity contribution < 1.29 is 24.0 Å². The number of ether oxygens (including phenoxy) is 1. The average molecular weight is 364 g/mol. The van der Waals surface area contributed by atoms with Crippen LogP contribution in [0, 0.1) is 10.1 Å². The number of anilines is 1. The summed E-state index contributed by atoms with van der Waals surface area (Å²) in [5.41, 5.74) is 4.22. The molecular formula is C16H20N4O6. The van der Waals surface area contributed by atoms with E-state index >= 15 is 0 Å². The number of nitrogen functional groups attached to an aromatic ring is 1. The van der Waals surface area contributed by atoms with Crippen LogP contribution in [0.15, 0.2) is 12.1 Å². The van der Waals surface area contributed by atoms with Crippen molar-refractivity contribution in [3.05, 3.63) is 33.4 Å². The summed E-state index contributed by atoms with van der Waals surface area (Å²) in [4.78, 5) is 49.1. The SMILES string of the molecule is CN(CCN1C(=O)c2cc(N)c([N+](=O)[O-])cc2C1=O)C(=O)OC(C)(C)C. The normalized spacial score (nSPS) is 13.6. The molecule has 0 unspecified atom stereocenters. The second-order valence-electron chi connectivity index (χ2n) is 6.88. The summed E-state index contributed by atoms with van der Waals surface area (Å²) in [6, 6.07) is 2.13. The van der Waals surface area contributed by atoms with E-state index in [1.54, 1.807) is 20.8 Å². The topological polar surface area (TPSA) is 136 Å². The number of nitrogens with zero attached hydrogens (tertiary/aromatic N) is 3. The Morgan fingerprint density at radius 1 is 1.27 bits per heavy atom. The summed E-state index contributed by atoms with van der Waals surface area (Å²) < 4.78 is 5.20.